The first-order valence-corrected chi connectivity index (χ1v) is 9.95. The predicted molar refractivity (Wildman–Crippen MR) is 101 cm³/mol. The van der Waals surface area contributed by atoms with Gasteiger partial charge in [0, 0.05) is 15.4 Å². The Morgan fingerprint density at radius 3 is 2.84 bits per heavy atom. The van der Waals surface area contributed by atoms with E-state index in [1.807, 2.05) is 35.2 Å². The number of hydrogen-bond donors (Lipinski definition) is 0. The number of thiophene rings is 1. The summed E-state index contributed by atoms with van der Waals surface area (Å²) in [5.74, 6) is 0. The largest absolute Gasteiger partial charge is 0.445 e. The van der Waals surface area contributed by atoms with E-state index < -0.39 is 0 Å². The second kappa shape index (κ2) is 7.32. The fourth-order valence-corrected chi connectivity index (χ4v) is 4.96. The number of hydrogen-bond acceptors (Lipinski definition) is 4. The van der Waals surface area contributed by atoms with Gasteiger partial charge in [0.1, 0.15) is 6.61 Å². The summed E-state index contributed by atoms with van der Waals surface area (Å²) in [5, 5.41) is 4.23. The zero-order valence-corrected chi connectivity index (χ0v) is 16.0. The van der Waals surface area contributed by atoms with Crippen LogP contribution in [0.2, 0.25) is 0 Å². The van der Waals surface area contributed by atoms with Crippen molar-refractivity contribution in [1.29, 1.82) is 0 Å². The van der Waals surface area contributed by atoms with Crippen LogP contribution in [0.25, 0.3) is 5.57 Å². The van der Waals surface area contributed by atoms with Gasteiger partial charge in [0.2, 0.25) is 0 Å². The number of morpholine rings is 1. The Morgan fingerprint density at radius 2 is 2.12 bits per heavy atom. The molecule has 2 atom stereocenters. The Bertz CT molecular complexity index is 789. The summed E-state index contributed by atoms with van der Waals surface area (Å²) in [6, 6.07) is 9.71. The highest BCUT2D eigenvalue weighted by Crippen LogP contribution is 2.37. The Labute approximate surface area is 159 Å². The first kappa shape index (κ1) is 16.8. The highest BCUT2D eigenvalue weighted by atomic mass is 79.9. The fraction of sp³-hybridized carbons (Fsp3) is 0.316. The lowest BCUT2D eigenvalue weighted by Gasteiger charge is -2.43. The van der Waals surface area contributed by atoms with Gasteiger partial charge in [-0.3, -0.25) is 4.90 Å². The molecular formula is C19H18BrNO3S. The highest BCUT2D eigenvalue weighted by Gasteiger charge is 2.39. The number of nitrogens with zero attached hydrogens (tertiary/aromatic N) is 1. The van der Waals surface area contributed by atoms with Crippen LogP contribution in [0, 0.1) is 0 Å². The van der Waals surface area contributed by atoms with Crippen molar-refractivity contribution in [3.05, 3.63) is 62.8 Å². The van der Waals surface area contributed by atoms with Gasteiger partial charge in [-0.05, 0) is 38.9 Å². The summed E-state index contributed by atoms with van der Waals surface area (Å²) in [5.41, 5.74) is 3.49. The summed E-state index contributed by atoms with van der Waals surface area (Å²) in [6.45, 7) is 1.36. The SMILES string of the molecule is O=C(OCc1ccccc1)N1C2C=C(c3cscc3Br)CC1COC2. The number of carbonyl (C=O) groups is 1. The fourth-order valence-electron chi connectivity index (χ4n) is 3.38. The number of fused-ring (bicyclic) bond motifs is 2. The normalized spacial score (nSPS) is 22.4. The molecule has 1 fully saturated rings. The molecule has 2 aliphatic heterocycles. The van der Waals surface area contributed by atoms with Gasteiger partial charge in [-0.15, -0.1) is 0 Å². The zero-order chi connectivity index (χ0) is 17.2. The van der Waals surface area contributed by atoms with Crippen LogP contribution in [-0.4, -0.2) is 36.3 Å². The highest BCUT2D eigenvalue weighted by molar-refractivity contribution is 9.10. The van der Waals surface area contributed by atoms with Gasteiger partial charge in [-0.2, -0.15) is 11.3 Å². The predicted octanol–water partition coefficient (Wildman–Crippen LogP) is 4.70. The minimum Gasteiger partial charge on any atom is -0.445 e. The van der Waals surface area contributed by atoms with Crippen molar-refractivity contribution in [1.82, 2.24) is 4.90 Å². The molecular weight excluding hydrogens is 402 g/mol. The Balaban J connectivity index is 1.50. The van der Waals surface area contributed by atoms with Crippen molar-refractivity contribution in [3.8, 4) is 0 Å². The quantitative estimate of drug-likeness (QED) is 0.723. The van der Waals surface area contributed by atoms with E-state index in [2.05, 4.69) is 32.8 Å². The number of rotatable bonds is 3. The number of benzene rings is 1. The number of carbonyl (C=O) groups excluding carboxylic acids is 1. The smallest absolute Gasteiger partial charge is 0.411 e. The lowest BCUT2D eigenvalue weighted by atomic mass is 9.91. The van der Waals surface area contributed by atoms with Crippen molar-refractivity contribution in [2.75, 3.05) is 13.2 Å². The second-order valence-corrected chi connectivity index (χ2v) is 7.83. The van der Waals surface area contributed by atoms with E-state index in [0.717, 1.165) is 16.5 Å². The molecule has 0 spiro atoms. The van der Waals surface area contributed by atoms with Crippen molar-refractivity contribution in [2.24, 2.45) is 0 Å². The van der Waals surface area contributed by atoms with E-state index in [4.69, 9.17) is 9.47 Å². The summed E-state index contributed by atoms with van der Waals surface area (Å²) in [7, 11) is 0. The molecule has 4 nitrogen and oxygen atoms in total. The van der Waals surface area contributed by atoms with Gasteiger partial charge in [-0.25, -0.2) is 4.79 Å². The van der Waals surface area contributed by atoms with Crippen molar-refractivity contribution in [2.45, 2.75) is 25.1 Å². The summed E-state index contributed by atoms with van der Waals surface area (Å²) >= 11 is 5.29. The summed E-state index contributed by atoms with van der Waals surface area (Å²) in [4.78, 5) is 14.5. The van der Waals surface area contributed by atoms with Crippen LogP contribution in [0.3, 0.4) is 0 Å². The maximum Gasteiger partial charge on any atom is 0.411 e. The minimum absolute atomic E-state index is 0.0221. The average molecular weight is 420 g/mol. The second-order valence-electron chi connectivity index (χ2n) is 6.24. The molecule has 1 saturated heterocycles. The number of ether oxygens (including phenoxy) is 2. The van der Waals surface area contributed by atoms with Crippen LogP contribution in [0.4, 0.5) is 4.79 Å². The first-order chi connectivity index (χ1) is 12.2. The maximum absolute atomic E-state index is 12.7. The first-order valence-electron chi connectivity index (χ1n) is 8.22. The third-order valence-electron chi connectivity index (χ3n) is 4.58. The van der Waals surface area contributed by atoms with Crippen LogP contribution in [0.5, 0.6) is 0 Å². The van der Waals surface area contributed by atoms with E-state index in [-0.39, 0.29) is 18.2 Å². The van der Waals surface area contributed by atoms with E-state index in [9.17, 15) is 4.79 Å². The van der Waals surface area contributed by atoms with Crippen LogP contribution < -0.4 is 0 Å². The topological polar surface area (TPSA) is 38.8 Å². The molecule has 1 aromatic heterocycles. The molecule has 3 heterocycles. The third kappa shape index (κ3) is 3.52. The van der Waals surface area contributed by atoms with Gasteiger partial charge in [-0.1, -0.05) is 36.4 Å². The number of halogens is 1. The molecule has 2 unspecified atom stereocenters. The van der Waals surface area contributed by atoms with E-state index >= 15 is 0 Å². The monoisotopic (exact) mass is 419 g/mol. The van der Waals surface area contributed by atoms with Gasteiger partial charge in [0.05, 0.1) is 25.3 Å². The van der Waals surface area contributed by atoms with Gasteiger partial charge >= 0.3 is 6.09 Å². The van der Waals surface area contributed by atoms with Gasteiger partial charge < -0.3 is 9.47 Å². The molecule has 0 radical (unpaired) electrons. The molecule has 4 rings (SSSR count). The molecule has 0 saturated carbocycles. The van der Waals surface area contributed by atoms with Crippen LogP contribution >= 0.6 is 27.3 Å². The molecule has 2 aliphatic rings. The molecule has 1 aromatic carbocycles. The molecule has 25 heavy (non-hydrogen) atoms. The Morgan fingerprint density at radius 1 is 1.28 bits per heavy atom. The molecule has 130 valence electrons. The van der Waals surface area contributed by atoms with E-state index in [1.165, 1.54) is 11.1 Å². The molecule has 0 N–H and O–H groups in total. The Kier molecular flexibility index (Phi) is 4.92. The lowest BCUT2D eigenvalue weighted by molar-refractivity contribution is -0.0342. The van der Waals surface area contributed by atoms with Crippen LogP contribution in [-0.2, 0) is 16.1 Å². The lowest BCUT2D eigenvalue weighted by Crippen LogP contribution is -2.56. The molecule has 2 aromatic rings. The molecule has 0 aliphatic carbocycles. The van der Waals surface area contributed by atoms with Crippen LogP contribution in [0.15, 0.2) is 51.6 Å². The van der Waals surface area contributed by atoms with Crippen molar-refractivity contribution in [3.63, 3.8) is 0 Å². The maximum atomic E-state index is 12.7. The number of amides is 1. The molecule has 6 heteroatoms. The van der Waals surface area contributed by atoms with Crippen molar-refractivity contribution >= 4 is 38.9 Å². The zero-order valence-electron chi connectivity index (χ0n) is 13.6. The van der Waals surface area contributed by atoms with Gasteiger partial charge in [0.15, 0.2) is 0 Å². The van der Waals surface area contributed by atoms with Crippen molar-refractivity contribution < 1.29 is 14.3 Å². The standard InChI is InChI=1S/C19H18BrNO3S/c20-18-12-25-11-17(18)14-6-15-9-23-10-16(7-14)21(15)19(22)24-8-13-4-2-1-3-5-13/h1-6,11-12,15-16H,7-10H2. The van der Waals surface area contributed by atoms with E-state index in [1.54, 1.807) is 11.3 Å². The summed E-state index contributed by atoms with van der Waals surface area (Å²) < 4.78 is 12.3. The summed E-state index contributed by atoms with van der Waals surface area (Å²) in [6.07, 6.45) is 2.67. The van der Waals surface area contributed by atoms with Gasteiger partial charge in [0.25, 0.3) is 0 Å². The third-order valence-corrected chi connectivity index (χ3v) is 6.28. The Hall–Kier alpha value is -1.63. The molecule has 2 bridgehead atoms. The van der Waals surface area contributed by atoms with Crippen LogP contribution in [0.1, 0.15) is 17.5 Å². The average Bonchev–Trinajstić information content (AvgIpc) is 3.05. The molecule has 1 amide bonds. The minimum atomic E-state index is -0.262. The van der Waals surface area contributed by atoms with E-state index in [0.29, 0.717) is 19.8 Å².